The number of hydrogen-bond donors (Lipinski definition) is 0. The highest BCUT2D eigenvalue weighted by Crippen LogP contribution is 2.02. The van der Waals surface area contributed by atoms with E-state index in [-0.39, 0.29) is 0 Å². The number of hydrogen-bond acceptors (Lipinski definition) is 0. The number of aryl methyl sites for hydroxylation is 1. The zero-order valence-corrected chi connectivity index (χ0v) is 6.02. The van der Waals surface area contributed by atoms with Crippen LogP contribution in [0.25, 0.3) is 0 Å². The van der Waals surface area contributed by atoms with Crippen molar-refractivity contribution in [1.82, 2.24) is 0 Å². The molecule has 0 heterocycles. The van der Waals surface area contributed by atoms with Gasteiger partial charge in [0.15, 0.2) is 0 Å². The van der Waals surface area contributed by atoms with Crippen molar-refractivity contribution in [1.29, 1.82) is 0 Å². The van der Waals surface area contributed by atoms with Gasteiger partial charge in [-0.1, -0.05) is 25.0 Å². The van der Waals surface area contributed by atoms with Gasteiger partial charge in [-0.15, -0.1) is 6.42 Å². The van der Waals surface area contributed by atoms with Gasteiger partial charge in [-0.25, -0.2) is 0 Å². The highest BCUT2D eigenvalue weighted by Gasteiger charge is 1.88. The summed E-state index contributed by atoms with van der Waals surface area (Å²) in [6.45, 7) is 2.11. The van der Waals surface area contributed by atoms with Crippen LogP contribution in [0.3, 0.4) is 0 Å². The van der Waals surface area contributed by atoms with E-state index in [0.29, 0.717) is 0 Å². The van der Waals surface area contributed by atoms with Gasteiger partial charge in [0.2, 0.25) is 0 Å². The Morgan fingerprint density at radius 2 is 2.50 bits per heavy atom. The van der Waals surface area contributed by atoms with Gasteiger partial charge in [-0.05, 0) is 24.1 Å². The Kier molecular flexibility index (Phi) is 2.12. The van der Waals surface area contributed by atoms with Crippen LogP contribution in [0.5, 0.6) is 0 Å². The van der Waals surface area contributed by atoms with Crippen LogP contribution in [0.15, 0.2) is 18.2 Å². The summed E-state index contributed by atoms with van der Waals surface area (Å²) in [6.07, 6.45) is 6.22. The van der Waals surface area contributed by atoms with Crippen molar-refractivity contribution in [3.63, 3.8) is 0 Å². The van der Waals surface area contributed by atoms with Crippen LogP contribution < -0.4 is 0 Å². The quantitative estimate of drug-likeness (QED) is 0.509. The fourth-order valence-corrected chi connectivity index (χ4v) is 0.817. The van der Waals surface area contributed by atoms with Crippen molar-refractivity contribution >= 4 is 0 Å². The number of benzene rings is 1. The van der Waals surface area contributed by atoms with Gasteiger partial charge in [0.1, 0.15) is 0 Å². The zero-order valence-electron chi connectivity index (χ0n) is 6.02. The first-order chi connectivity index (χ1) is 4.86. The molecule has 0 saturated carbocycles. The molecule has 0 aliphatic heterocycles. The second kappa shape index (κ2) is 3.08. The fraction of sp³-hybridized carbons (Fsp3) is 0.200. The van der Waals surface area contributed by atoms with E-state index in [9.17, 15) is 0 Å². The first kappa shape index (κ1) is 6.89. The molecule has 0 N–H and O–H groups in total. The van der Waals surface area contributed by atoms with E-state index in [1.54, 1.807) is 0 Å². The van der Waals surface area contributed by atoms with Gasteiger partial charge < -0.3 is 0 Å². The van der Waals surface area contributed by atoms with Crippen molar-refractivity contribution < 1.29 is 0 Å². The Morgan fingerprint density at radius 1 is 1.70 bits per heavy atom. The Hall–Kier alpha value is -1.22. The summed E-state index contributed by atoms with van der Waals surface area (Å²) in [7, 11) is 0. The molecule has 0 aliphatic rings. The minimum Gasteiger partial charge on any atom is -0.115 e. The summed E-state index contributed by atoms with van der Waals surface area (Å²) in [5, 5.41) is 0. The predicted molar refractivity (Wildman–Crippen MR) is 42.6 cm³/mol. The maximum atomic E-state index is 5.19. The van der Waals surface area contributed by atoms with Crippen LogP contribution in [-0.4, -0.2) is 0 Å². The molecule has 0 amide bonds. The van der Waals surface area contributed by atoms with Crippen molar-refractivity contribution in [3.05, 3.63) is 35.4 Å². The van der Waals surface area contributed by atoms with Crippen molar-refractivity contribution in [2.24, 2.45) is 0 Å². The Bertz CT molecular complexity index is 253. The lowest BCUT2D eigenvalue weighted by Crippen LogP contribution is -1.80. The molecule has 0 aromatic heterocycles. The summed E-state index contributed by atoms with van der Waals surface area (Å²) >= 11 is 0. The first-order valence-corrected chi connectivity index (χ1v) is 3.34. The maximum absolute atomic E-state index is 5.19. The molecular weight excluding hydrogens is 120 g/mol. The monoisotopic (exact) mass is 129 g/mol. The predicted octanol–water partition coefficient (Wildman–Crippen LogP) is 2.03. The van der Waals surface area contributed by atoms with Crippen LogP contribution in [0.1, 0.15) is 18.1 Å². The molecule has 0 nitrogen and oxygen atoms in total. The van der Waals surface area contributed by atoms with Crippen LogP contribution in [-0.2, 0) is 6.42 Å². The smallest absolute Gasteiger partial charge is 0.0324 e. The minimum atomic E-state index is 0.847. The minimum absolute atomic E-state index is 0.847. The second-order valence-electron chi connectivity index (χ2n) is 2.11. The lowest BCUT2D eigenvalue weighted by atomic mass is 10.1. The second-order valence-corrected chi connectivity index (χ2v) is 2.11. The topological polar surface area (TPSA) is 0 Å². The highest BCUT2D eigenvalue weighted by molar-refractivity contribution is 5.34. The Morgan fingerprint density at radius 3 is 3.10 bits per heavy atom. The largest absolute Gasteiger partial charge is 0.115 e. The van der Waals surface area contributed by atoms with Crippen LogP contribution in [0.2, 0.25) is 0 Å². The summed E-state index contributed by atoms with van der Waals surface area (Å²) in [5.41, 5.74) is 2.12. The van der Waals surface area contributed by atoms with E-state index >= 15 is 0 Å². The SMILES string of the molecule is C#Cc1[c]ccc(CC)c1. The van der Waals surface area contributed by atoms with Crippen LogP contribution in [0.4, 0.5) is 0 Å². The maximum Gasteiger partial charge on any atom is 0.0324 e. The molecule has 1 rings (SSSR count). The van der Waals surface area contributed by atoms with E-state index in [2.05, 4.69) is 18.9 Å². The van der Waals surface area contributed by atoms with E-state index < -0.39 is 0 Å². The summed E-state index contributed by atoms with van der Waals surface area (Å²) in [5.74, 6) is 2.55. The van der Waals surface area contributed by atoms with E-state index in [0.717, 1.165) is 12.0 Å². The fourth-order valence-electron chi connectivity index (χ4n) is 0.817. The van der Waals surface area contributed by atoms with Gasteiger partial charge >= 0.3 is 0 Å². The van der Waals surface area contributed by atoms with Crippen molar-refractivity contribution in [3.8, 4) is 12.3 Å². The summed E-state index contributed by atoms with van der Waals surface area (Å²) < 4.78 is 0. The van der Waals surface area contributed by atoms with Gasteiger partial charge in [0.25, 0.3) is 0 Å². The molecule has 0 fully saturated rings. The Labute approximate surface area is 61.9 Å². The molecule has 10 heavy (non-hydrogen) atoms. The third-order valence-electron chi connectivity index (χ3n) is 1.43. The molecule has 1 aromatic rings. The van der Waals surface area contributed by atoms with Crippen LogP contribution >= 0.6 is 0 Å². The molecule has 1 radical (unpaired) electrons. The molecule has 0 spiro atoms. The summed E-state index contributed by atoms with van der Waals surface area (Å²) in [6, 6.07) is 8.84. The van der Waals surface area contributed by atoms with Gasteiger partial charge in [-0.3, -0.25) is 0 Å². The average Bonchev–Trinajstić information content (AvgIpc) is 2.05. The van der Waals surface area contributed by atoms with Gasteiger partial charge in [-0.2, -0.15) is 0 Å². The molecule has 0 unspecified atom stereocenters. The summed E-state index contributed by atoms with van der Waals surface area (Å²) in [4.78, 5) is 0. The Balaban J connectivity index is 3.01. The molecule has 0 atom stereocenters. The van der Waals surface area contributed by atoms with Crippen molar-refractivity contribution in [2.45, 2.75) is 13.3 Å². The van der Waals surface area contributed by atoms with E-state index in [1.807, 2.05) is 18.2 Å². The van der Waals surface area contributed by atoms with Gasteiger partial charge in [0.05, 0.1) is 0 Å². The average molecular weight is 129 g/mol. The standard InChI is InChI=1S/C10H9/c1-3-9-6-5-7-10(4-2)8-9/h1,5,7-8H,4H2,2H3. The molecule has 0 bridgehead atoms. The molecule has 1 aromatic carbocycles. The van der Waals surface area contributed by atoms with Gasteiger partial charge in [0, 0.05) is 5.56 Å². The lowest BCUT2D eigenvalue weighted by Gasteiger charge is -1.94. The lowest BCUT2D eigenvalue weighted by molar-refractivity contribution is 1.14. The van der Waals surface area contributed by atoms with Crippen LogP contribution in [0, 0.1) is 18.4 Å². The van der Waals surface area contributed by atoms with Crippen molar-refractivity contribution in [2.75, 3.05) is 0 Å². The number of rotatable bonds is 1. The first-order valence-electron chi connectivity index (χ1n) is 3.34. The third kappa shape index (κ3) is 1.39. The molecule has 49 valence electrons. The molecule has 0 saturated heterocycles. The third-order valence-corrected chi connectivity index (χ3v) is 1.43. The van der Waals surface area contributed by atoms with E-state index in [4.69, 9.17) is 6.42 Å². The zero-order chi connectivity index (χ0) is 7.40. The molecule has 0 heteroatoms. The normalized spacial score (nSPS) is 8.80. The number of terminal acetylenes is 1. The highest BCUT2D eigenvalue weighted by atomic mass is 13.9. The molecule has 0 aliphatic carbocycles. The van der Waals surface area contributed by atoms with E-state index in [1.165, 1.54) is 5.56 Å². The molecular formula is C10H9.